The number of nitrogens with two attached hydrogens (primary N) is 1. The molecule has 0 amide bonds. The maximum Gasteiger partial charge on any atom is 0.200 e. The van der Waals surface area contributed by atoms with Gasteiger partial charge in [0.15, 0.2) is 5.58 Å². The monoisotopic (exact) mass is 218 g/mol. The highest BCUT2D eigenvalue weighted by atomic mass is 16.5. The summed E-state index contributed by atoms with van der Waals surface area (Å²) in [5.74, 6) is 1.04. The molecule has 1 aliphatic heterocycles. The molecule has 1 saturated heterocycles. The van der Waals surface area contributed by atoms with E-state index in [1.807, 2.05) is 18.2 Å². The molecule has 1 aliphatic rings. The SMILES string of the molecule is Nc1cccc2oc(C3CCCOC3)nc12. The van der Waals surface area contributed by atoms with Crippen molar-refractivity contribution >= 4 is 16.8 Å². The fourth-order valence-electron chi connectivity index (χ4n) is 2.10. The van der Waals surface area contributed by atoms with E-state index in [1.54, 1.807) is 0 Å². The second kappa shape index (κ2) is 3.79. The average molecular weight is 218 g/mol. The lowest BCUT2D eigenvalue weighted by atomic mass is 10.0. The smallest absolute Gasteiger partial charge is 0.200 e. The maximum atomic E-state index is 5.85. The summed E-state index contributed by atoms with van der Waals surface area (Å²) >= 11 is 0. The molecule has 0 spiro atoms. The Morgan fingerprint density at radius 2 is 2.31 bits per heavy atom. The molecule has 1 aromatic heterocycles. The molecule has 0 aliphatic carbocycles. The first-order valence-electron chi connectivity index (χ1n) is 5.57. The number of ether oxygens (including phenoxy) is 1. The van der Waals surface area contributed by atoms with Crippen LogP contribution in [0.4, 0.5) is 5.69 Å². The highest BCUT2D eigenvalue weighted by Crippen LogP contribution is 2.29. The molecule has 1 atom stereocenters. The third kappa shape index (κ3) is 1.55. The minimum Gasteiger partial charge on any atom is -0.440 e. The largest absolute Gasteiger partial charge is 0.440 e. The van der Waals surface area contributed by atoms with Crippen molar-refractivity contribution < 1.29 is 9.15 Å². The van der Waals surface area contributed by atoms with Gasteiger partial charge in [0.2, 0.25) is 5.89 Å². The van der Waals surface area contributed by atoms with Gasteiger partial charge in [-0.2, -0.15) is 0 Å². The van der Waals surface area contributed by atoms with Crippen LogP contribution in [0.3, 0.4) is 0 Å². The van der Waals surface area contributed by atoms with E-state index in [-0.39, 0.29) is 5.92 Å². The van der Waals surface area contributed by atoms with Crippen LogP contribution >= 0.6 is 0 Å². The molecule has 3 rings (SSSR count). The fourth-order valence-corrected chi connectivity index (χ4v) is 2.10. The molecule has 4 nitrogen and oxygen atoms in total. The van der Waals surface area contributed by atoms with Gasteiger partial charge in [-0.1, -0.05) is 6.07 Å². The van der Waals surface area contributed by atoms with Crippen LogP contribution in [0.15, 0.2) is 22.6 Å². The van der Waals surface area contributed by atoms with Crippen molar-refractivity contribution in [1.29, 1.82) is 0 Å². The van der Waals surface area contributed by atoms with Crippen molar-refractivity contribution in [3.8, 4) is 0 Å². The predicted molar refractivity (Wildman–Crippen MR) is 61.2 cm³/mol. The first kappa shape index (κ1) is 9.66. The molecular formula is C12H14N2O2. The summed E-state index contributed by atoms with van der Waals surface area (Å²) in [7, 11) is 0. The first-order chi connectivity index (χ1) is 7.84. The summed E-state index contributed by atoms with van der Waals surface area (Å²) in [5, 5.41) is 0. The molecule has 2 N–H and O–H groups in total. The number of benzene rings is 1. The summed E-state index contributed by atoms with van der Waals surface area (Å²) in [5.41, 5.74) is 8.05. The van der Waals surface area contributed by atoms with Gasteiger partial charge in [-0.15, -0.1) is 0 Å². The van der Waals surface area contributed by atoms with E-state index in [0.29, 0.717) is 12.3 Å². The summed E-state index contributed by atoms with van der Waals surface area (Å²) in [6.07, 6.45) is 2.14. The van der Waals surface area contributed by atoms with Gasteiger partial charge in [-0.3, -0.25) is 0 Å². The summed E-state index contributed by atoms with van der Waals surface area (Å²) in [4.78, 5) is 4.46. The van der Waals surface area contributed by atoms with E-state index in [2.05, 4.69) is 4.98 Å². The molecular weight excluding hydrogens is 204 g/mol. The molecule has 2 heterocycles. The Bertz CT molecular complexity index is 501. The Morgan fingerprint density at radius 3 is 3.06 bits per heavy atom. The Hall–Kier alpha value is -1.55. The number of fused-ring (bicyclic) bond motifs is 1. The molecule has 0 bridgehead atoms. The van der Waals surface area contributed by atoms with Crippen LogP contribution in [0.1, 0.15) is 24.7 Å². The number of rotatable bonds is 1. The normalized spacial score (nSPS) is 21.4. The van der Waals surface area contributed by atoms with E-state index in [4.69, 9.17) is 14.9 Å². The van der Waals surface area contributed by atoms with Gasteiger partial charge in [-0.05, 0) is 25.0 Å². The highest BCUT2D eigenvalue weighted by molar-refractivity contribution is 5.85. The van der Waals surface area contributed by atoms with Crippen LogP contribution in [0.2, 0.25) is 0 Å². The average Bonchev–Trinajstić information content (AvgIpc) is 2.76. The van der Waals surface area contributed by atoms with Crippen molar-refractivity contribution in [2.45, 2.75) is 18.8 Å². The summed E-state index contributed by atoms with van der Waals surface area (Å²) in [6, 6.07) is 5.61. The second-order valence-electron chi connectivity index (χ2n) is 4.16. The second-order valence-corrected chi connectivity index (χ2v) is 4.16. The quantitative estimate of drug-likeness (QED) is 0.746. The standard InChI is InChI=1S/C12H14N2O2/c13-9-4-1-5-10-11(9)14-12(16-10)8-3-2-6-15-7-8/h1,4-5,8H,2-3,6-7,13H2. The van der Waals surface area contributed by atoms with Crippen molar-refractivity contribution in [3.63, 3.8) is 0 Å². The zero-order chi connectivity index (χ0) is 11.0. The van der Waals surface area contributed by atoms with Crippen LogP contribution < -0.4 is 5.73 Å². The van der Waals surface area contributed by atoms with E-state index in [0.717, 1.165) is 36.4 Å². The van der Waals surface area contributed by atoms with Crippen LogP contribution in [-0.4, -0.2) is 18.2 Å². The van der Waals surface area contributed by atoms with Gasteiger partial charge in [0, 0.05) is 6.61 Å². The minimum atomic E-state index is 0.278. The van der Waals surface area contributed by atoms with Crippen molar-refractivity contribution in [1.82, 2.24) is 4.98 Å². The molecule has 4 heteroatoms. The first-order valence-corrected chi connectivity index (χ1v) is 5.57. The Balaban J connectivity index is 2.01. The van der Waals surface area contributed by atoms with Gasteiger partial charge in [0.05, 0.1) is 18.2 Å². The van der Waals surface area contributed by atoms with Crippen molar-refractivity contribution in [2.24, 2.45) is 0 Å². The number of nitrogen functional groups attached to an aromatic ring is 1. The molecule has 1 fully saturated rings. The number of hydrogen-bond acceptors (Lipinski definition) is 4. The molecule has 84 valence electrons. The molecule has 2 aromatic rings. The van der Waals surface area contributed by atoms with E-state index < -0.39 is 0 Å². The molecule has 1 unspecified atom stereocenters. The number of nitrogens with zero attached hydrogens (tertiary/aromatic N) is 1. The molecule has 0 saturated carbocycles. The molecule has 16 heavy (non-hydrogen) atoms. The van der Waals surface area contributed by atoms with E-state index in [9.17, 15) is 0 Å². The predicted octanol–water partition coefficient (Wildman–Crippen LogP) is 2.30. The highest BCUT2D eigenvalue weighted by Gasteiger charge is 2.21. The minimum absolute atomic E-state index is 0.278. The van der Waals surface area contributed by atoms with E-state index >= 15 is 0 Å². The summed E-state index contributed by atoms with van der Waals surface area (Å²) < 4.78 is 11.1. The Morgan fingerprint density at radius 1 is 1.38 bits per heavy atom. The van der Waals surface area contributed by atoms with Gasteiger partial charge < -0.3 is 14.9 Å². The van der Waals surface area contributed by atoms with Crippen LogP contribution in [0, 0.1) is 0 Å². The molecule has 0 radical (unpaired) electrons. The lowest BCUT2D eigenvalue weighted by molar-refractivity contribution is 0.0731. The van der Waals surface area contributed by atoms with Crippen LogP contribution in [0.25, 0.3) is 11.1 Å². The Kier molecular flexibility index (Phi) is 2.29. The molecule has 1 aromatic carbocycles. The number of anilines is 1. The fraction of sp³-hybridized carbons (Fsp3) is 0.417. The zero-order valence-corrected chi connectivity index (χ0v) is 8.98. The number of oxazole rings is 1. The lowest BCUT2D eigenvalue weighted by Crippen LogP contribution is -2.15. The lowest BCUT2D eigenvalue weighted by Gasteiger charge is -2.18. The zero-order valence-electron chi connectivity index (χ0n) is 8.98. The van der Waals surface area contributed by atoms with Crippen molar-refractivity contribution in [3.05, 3.63) is 24.1 Å². The van der Waals surface area contributed by atoms with Gasteiger partial charge in [0.1, 0.15) is 5.52 Å². The maximum absolute atomic E-state index is 5.85. The Labute approximate surface area is 93.4 Å². The number of aromatic nitrogens is 1. The van der Waals surface area contributed by atoms with Gasteiger partial charge in [0.25, 0.3) is 0 Å². The van der Waals surface area contributed by atoms with Crippen LogP contribution in [0.5, 0.6) is 0 Å². The topological polar surface area (TPSA) is 61.3 Å². The number of hydrogen-bond donors (Lipinski definition) is 1. The van der Waals surface area contributed by atoms with E-state index in [1.165, 1.54) is 0 Å². The third-order valence-electron chi connectivity index (χ3n) is 2.98. The van der Waals surface area contributed by atoms with Gasteiger partial charge >= 0.3 is 0 Å². The van der Waals surface area contributed by atoms with Crippen molar-refractivity contribution in [2.75, 3.05) is 18.9 Å². The summed E-state index contributed by atoms with van der Waals surface area (Å²) in [6.45, 7) is 1.55. The van der Waals surface area contributed by atoms with Crippen LogP contribution in [-0.2, 0) is 4.74 Å². The number of para-hydroxylation sites is 1. The third-order valence-corrected chi connectivity index (χ3v) is 2.98. The van der Waals surface area contributed by atoms with Gasteiger partial charge in [-0.25, -0.2) is 4.98 Å².